The number of esters is 1. The highest BCUT2D eigenvalue weighted by Crippen LogP contribution is 2.27. The fourth-order valence-electron chi connectivity index (χ4n) is 3.84. The molecule has 1 aliphatic rings. The van der Waals surface area contributed by atoms with E-state index in [1.807, 2.05) is 24.3 Å². The minimum atomic E-state index is -3.73. The van der Waals surface area contributed by atoms with Gasteiger partial charge in [-0.1, -0.05) is 24.0 Å². The summed E-state index contributed by atoms with van der Waals surface area (Å²) in [4.78, 5) is 11.8. The lowest BCUT2D eigenvalue weighted by Gasteiger charge is -2.27. The third-order valence-corrected chi connectivity index (χ3v) is 7.33. The number of nitrogens with one attached hydrogen (secondary N) is 1. The number of methoxy groups -OCH3 is 2. The number of hydrogen-bond donors (Lipinski definition) is 2. The molecule has 0 amide bonds. The van der Waals surface area contributed by atoms with Crippen LogP contribution in [0.15, 0.2) is 47.4 Å². The molecular formula is C25H30N2O5S. The first kappa shape index (κ1) is 24.8. The molecule has 0 aliphatic heterocycles. The summed E-state index contributed by atoms with van der Waals surface area (Å²) in [7, 11) is -0.681. The number of hydrogen-bond acceptors (Lipinski definition) is 6. The van der Waals surface area contributed by atoms with Crippen molar-refractivity contribution in [1.29, 1.82) is 0 Å². The largest absolute Gasteiger partial charge is 0.469 e. The number of carbonyl (C=O) groups excluding carboxylic acids is 1. The zero-order valence-corrected chi connectivity index (χ0v) is 19.8. The Labute approximate surface area is 195 Å². The van der Waals surface area contributed by atoms with E-state index in [0.717, 1.165) is 12.0 Å². The van der Waals surface area contributed by atoms with Gasteiger partial charge in [0.1, 0.15) is 0 Å². The molecule has 2 aromatic rings. The van der Waals surface area contributed by atoms with Crippen molar-refractivity contribution in [3.63, 3.8) is 0 Å². The van der Waals surface area contributed by atoms with Crippen molar-refractivity contribution in [3.8, 4) is 11.8 Å². The van der Waals surface area contributed by atoms with Gasteiger partial charge in [0.05, 0.1) is 24.5 Å². The van der Waals surface area contributed by atoms with Gasteiger partial charge in [-0.25, -0.2) is 13.1 Å². The lowest BCUT2D eigenvalue weighted by molar-refractivity contribution is -0.146. The predicted octanol–water partition coefficient (Wildman–Crippen LogP) is 2.87. The minimum absolute atomic E-state index is 0.100. The number of sulfonamides is 1. The van der Waals surface area contributed by atoms with E-state index in [1.54, 1.807) is 13.2 Å². The molecule has 0 spiro atoms. The highest BCUT2D eigenvalue weighted by Gasteiger charge is 2.29. The van der Waals surface area contributed by atoms with Gasteiger partial charge >= 0.3 is 5.97 Å². The Morgan fingerprint density at radius 2 is 1.76 bits per heavy atom. The lowest BCUT2D eigenvalue weighted by atomic mass is 9.86. The number of nitrogen functional groups attached to an aromatic ring is 1. The molecule has 1 fully saturated rings. The molecule has 3 rings (SSSR count). The van der Waals surface area contributed by atoms with Crippen LogP contribution in [0.1, 0.15) is 42.4 Å². The van der Waals surface area contributed by atoms with Crippen molar-refractivity contribution < 1.29 is 22.7 Å². The lowest BCUT2D eigenvalue weighted by Crippen LogP contribution is -2.38. The molecule has 0 aromatic heterocycles. The molecule has 0 heterocycles. The van der Waals surface area contributed by atoms with Crippen LogP contribution in [-0.4, -0.2) is 41.3 Å². The molecule has 1 aliphatic carbocycles. The molecule has 33 heavy (non-hydrogen) atoms. The van der Waals surface area contributed by atoms with Gasteiger partial charge < -0.3 is 15.2 Å². The van der Waals surface area contributed by atoms with Crippen molar-refractivity contribution in [3.05, 3.63) is 59.2 Å². The summed E-state index contributed by atoms with van der Waals surface area (Å²) in [5.74, 6) is 5.68. The highest BCUT2D eigenvalue weighted by atomic mass is 32.2. The summed E-state index contributed by atoms with van der Waals surface area (Å²) in [5.41, 5.74) is 8.98. The number of rotatable bonds is 7. The molecule has 2 aromatic carbocycles. The predicted molar refractivity (Wildman–Crippen MR) is 127 cm³/mol. The Hall–Kier alpha value is -2.86. The van der Waals surface area contributed by atoms with Crippen LogP contribution in [0, 0.1) is 17.8 Å². The third kappa shape index (κ3) is 6.81. The van der Waals surface area contributed by atoms with Crippen LogP contribution in [0.4, 0.5) is 5.69 Å². The van der Waals surface area contributed by atoms with Crippen LogP contribution < -0.4 is 10.5 Å². The number of anilines is 1. The quantitative estimate of drug-likeness (QED) is 0.366. The van der Waals surface area contributed by atoms with E-state index in [-0.39, 0.29) is 22.8 Å². The van der Waals surface area contributed by atoms with Crippen LogP contribution in [0.25, 0.3) is 0 Å². The zero-order chi connectivity index (χ0) is 23.8. The van der Waals surface area contributed by atoms with Gasteiger partial charge in [0.15, 0.2) is 0 Å². The summed E-state index contributed by atoms with van der Waals surface area (Å²) in [6, 6.07) is 12.2. The standard InChI is InChI=1S/C25H30N2O5S/c1-31-16-15-19-5-3-18(4-6-19)7-8-20-11-14-23(17-24(20)26)33(29,30)27-22-12-9-21(10-13-22)25(28)32-2/h3-6,11,14,17,21-22,27H,9-10,12-13,15-16,26H2,1-2H3/t21-,22-. The van der Waals surface area contributed by atoms with Gasteiger partial charge in [0.25, 0.3) is 0 Å². The maximum atomic E-state index is 12.8. The molecule has 3 N–H and O–H groups in total. The Balaban J connectivity index is 1.64. The average molecular weight is 471 g/mol. The number of ether oxygens (including phenoxy) is 2. The second-order valence-corrected chi connectivity index (χ2v) is 9.85. The van der Waals surface area contributed by atoms with Crippen LogP contribution in [0.2, 0.25) is 0 Å². The monoisotopic (exact) mass is 470 g/mol. The SMILES string of the molecule is COCCc1ccc(C#Cc2ccc(S(=O)(=O)N[C@H]3CC[C@H](C(=O)OC)CC3)cc2N)cc1. The van der Waals surface area contributed by atoms with Crippen molar-refractivity contribution >= 4 is 21.7 Å². The molecule has 0 unspecified atom stereocenters. The Morgan fingerprint density at radius 1 is 1.06 bits per heavy atom. The van der Waals surface area contributed by atoms with E-state index in [0.29, 0.717) is 43.5 Å². The van der Waals surface area contributed by atoms with E-state index in [2.05, 4.69) is 16.6 Å². The summed E-state index contributed by atoms with van der Waals surface area (Å²) in [5, 5.41) is 0. The average Bonchev–Trinajstić information content (AvgIpc) is 2.82. The Bertz CT molecular complexity index is 1130. The van der Waals surface area contributed by atoms with Crippen LogP contribution in [-0.2, 0) is 30.7 Å². The second-order valence-electron chi connectivity index (χ2n) is 8.13. The number of carbonyl (C=O) groups is 1. The summed E-state index contributed by atoms with van der Waals surface area (Å²) >= 11 is 0. The van der Waals surface area contributed by atoms with Gasteiger partial charge in [-0.2, -0.15) is 0 Å². The normalized spacial score (nSPS) is 18.2. The second kappa shape index (κ2) is 11.3. The first-order valence-electron chi connectivity index (χ1n) is 10.9. The van der Waals surface area contributed by atoms with Gasteiger partial charge in [0.2, 0.25) is 10.0 Å². The number of nitrogens with two attached hydrogens (primary N) is 1. The van der Waals surface area contributed by atoms with Gasteiger partial charge in [-0.05, 0) is 68.0 Å². The van der Waals surface area contributed by atoms with E-state index in [1.165, 1.54) is 24.8 Å². The van der Waals surface area contributed by atoms with Gasteiger partial charge in [-0.15, -0.1) is 0 Å². The fourth-order valence-corrected chi connectivity index (χ4v) is 5.18. The van der Waals surface area contributed by atoms with Crippen LogP contribution >= 0.6 is 0 Å². The molecule has 8 heteroatoms. The van der Waals surface area contributed by atoms with Crippen molar-refractivity contribution in [2.75, 3.05) is 26.6 Å². The summed E-state index contributed by atoms with van der Waals surface area (Å²) in [6.45, 7) is 0.667. The van der Waals surface area contributed by atoms with E-state index < -0.39 is 10.0 Å². The maximum absolute atomic E-state index is 12.8. The Kier molecular flexibility index (Phi) is 8.50. The topological polar surface area (TPSA) is 108 Å². The summed E-state index contributed by atoms with van der Waals surface area (Å²) < 4.78 is 38.2. The summed E-state index contributed by atoms with van der Waals surface area (Å²) in [6.07, 6.45) is 3.21. The van der Waals surface area contributed by atoms with Gasteiger partial charge in [0, 0.05) is 30.0 Å². The molecule has 0 atom stereocenters. The molecule has 1 saturated carbocycles. The van der Waals surface area contributed by atoms with E-state index in [4.69, 9.17) is 15.2 Å². The molecule has 176 valence electrons. The molecular weight excluding hydrogens is 440 g/mol. The van der Waals surface area contributed by atoms with E-state index in [9.17, 15) is 13.2 Å². The molecule has 0 radical (unpaired) electrons. The van der Waals surface area contributed by atoms with Crippen molar-refractivity contribution in [2.45, 2.75) is 43.0 Å². The Morgan fingerprint density at radius 3 is 2.36 bits per heavy atom. The minimum Gasteiger partial charge on any atom is -0.469 e. The zero-order valence-electron chi connectivity index (χ0n) is 19.0. The van der Waals surface area contributed by atoms with Crippen LogP contribution in [0.3, 0.4) is 0 Å². The molecule has 7 nitrogen and oxygen atoms in total. The first-order chi connectivity index (χ1) is 15.8. The smallest absolute Gasteiger partial charge is 0.308 e. The van der Waals surface area contributed by atoms with Gasteiger partial charge in [-0.3, -0.25) is 4.79 Å². The maximum Gasteiger partial charge on any atom is 0.308 e. The van der Waals surface area contributed by atoms with E-state index >= 15 is 0 Å². The molecule has 0 saturated heterocycles. The third-order valence-electron chi connectivity index (χ3n) is 5.81. The number of benzene rings is 2. The van der Waals surface area contributed by atoms with Crippen molar-refractivity contribution in [1.82, 2.24) is 4.72 Å². The van der Waals surface area contributed by atoms with Crippen LogP contribution in [0.5, 0.6) is 0 Å². The first-order valence-corrected chi connectivity index (χ1v) is 12.4. The molecule has 0 bridgehead atoms. The fraction of sp³-hybridized carbons (Fsp3) is 0.400. The van der Waals surface area contributed by atoms with Crippen molar-refractivity contribution in [2.24, 2.45) is 5.92 Å². The highest BCUT2D eigenvalue weighted by molar-refractivity contribution is 7.89.